The fraction of sp³-hybridized carbons (Fsp3) is 0.200. The minimum Gasteiger partial charge on any atom is -0.478 e. The number of benzene rings is 1. The standard InChI is InChI=1S/C17H19ClN4.2C4H4O4/c1-21(2)10-3-11-22-16-8-9-19-12-15(16)17(20-22)13-4-6-14(18)7-5-13;2*5-3(6)1-2-4(7)8/h4-9,12H,3,10-11H2,1-2H3;2*1-2H,(H,5,6)(H,7,8)/b;2*2-1-. The number of nitrogens with zero attached hydrogens (tertiary/aromatic N) is 4. The Hall–Kier alpha value is -4.55. The van der Waals surface area contributed by atoms with Crippen LogP contribution in [-0.2, 0) is 25.7 Å². The molecular formula is C25H27ClN4O8. The Balaban J connectivity index is 0.000000374. The van der Waals surface area contributed by atoms with Crippen molar-refractivity contribution in [1.29, 1.82) is 0 Å². The van der Waals surface area contributed by atoms with Crippen molar-refractivity contribution < 1.29 is 39.6 Å². The Morgan fingerprint density at radius 3 is 1.82 bits per heavy atom. The summed E-state index contributed by atoms with van der Waals surface area (Å²) >= 11 is 5.98. The van der Waals surface area contributed by atoms with Crippen LogP contribution in [0.1, 0.15) is 6.42 Å². The minimum atomic E-state index is -1.26. The molecule has 0 fully saturated rings. The molecule has 0 unspecified atom stereocenters. The van der Waals surface area contributed by atoms with Crippen molar-refractivity contribution in [3.05, 3.63) is 72.1 Å². The second kappa shape index (κ2) is 16.2. The topological polar surface area (TPSA) is 183 Å². The van der Waals surface area contributed by atoms with E-state index in [1.807, 2.05) is 42.7 Å². The fourth-order valence-electron chi connectivity index (χ4n) is 2.84. The summed E-state index contributed by atoms with van der Waals surface area (Å²) in [5.41, 5.74) is 3.15. The first-order valence-corrected chi connectivity index (χ1v) is 11.3. The molecule has 0 spiro atoms. The summed E-state index contributed by atoms with van der Waals surface area (Å²) in [7, 11) is 4.18. The molecule has 12 nitrogen and oxygen atoms in total. The van der Waals surface area contributed by atoms with Crippen LogP contribution < -0.4 is 0 Å². The molecular weight excluding hydrogens is 520 g/mol. The largest absolute Gasteiger partial charge is 0.478 e. The highest BCUT2D eigenvalue weighted by molar-refractivity contribution is 6.30. The summed E-state index contributed by atoms with van der Waals surface area (Å²) < 4.78 is 2.07. The lowest BCUT2D eigenvalue weighted by molar-refractivity contribution is -0.134. The average Bonchev–Trinajstić information content (AvgIpc) is 3.21. The predicted molar refractivity (Wildman–Crippen MR) is 140 cm³/mol. The molecule has 3 rings (SSSR count). The van der Waals surface area contributed by atoms with Crippen molar-refractivity contribution in [2.24, 2.45) is 0 Å². The molecule has 0 saturated heterocycles. The van der Waals surface area contributed by atoms with Gasteiger partial charge in [-0.1, -0.05) is 23.7 Å². The normalized spacial score (nSPS) is 10.6. The summed E-state index contributed by atoms with van der Waals surface area (Å²) in [5, 5.41) is 37.9. The van der Waals surface area contributed by atoms with Gasteiger partial charge in [0, 0.05) is 59.2 Å². The van der Waals surface area contributed by atoms with E-state index in [1.165, 1.54) is 0 Å². The number of aromatic nitrogens is 3. The summed E-state index contributed by atoms with van der Waals surface area (Å²) in [6.45, 7) is 1.94. The lowest BCUT2D eigenvalue weighted by Gasteiger charge is -2.09. The highest BCUT2D eigenvalue weighted by atomic mass is 35.5. The summed E-state index contributed by atoms with van der Waals surface area (Å²) in [4.78, 5) is 44.7. The first kappa shape index (κ1) is 31.5. The van der Waals surface area contributed by atoms with Crippen LogP contribution in [0.5, 0.6) is 0 Å². The molecule has 13 heteroatoms. The van der Waals surface area contributed by atoms with Crippen LogP contribution in [-0.4, -0.2) is 84.6 Å². The van der Waals surface area contributed by atoms with E-state index in [9.17, 15) is 19.2 Å². The summed E-state index contributed by atoms with van der Waals surface area (Å²) in [6.07, 6.45) is 6.99. The van der Waals surface area contributed by atoms with E-state index in [4.69, 9.17) is 37.1 Å². The first-order valence-electron chi connectivity index (χ1n) is 10.9. The molecule has 0 amide bonds. The molecule has 38 heavy (non-hydrogen) atoms. The van der Waals surface area contributed by atoms with Gasteiger partial charge in [-0.2, -0.15) is 5.10 Å². The fourth-order valence-corrected chi connectivity index (χ4v) is 2.96. The minimum absolute atomic E-state index is 0.558. The quantitative estimate of drug-likeness (QED) is 0.289. The number of carboxylic acid groups (broad SMARTS) is 4. The van der Waals surface area contributed by atoms with Crippen LogP contribution >= 0.6 is 11.6 Å². The van der Waals surface area contributed by atoms with Crippen LogP contribution in [0, 0.1) is 0 Å². The second-order valence-electron chi connectivity index (χ2n) is 7.65. The van der Waals surface area contributed by atoms with E-state index < -0.39 is 23.9 Å². The molecule has 0 bridgehead atoms. The molecule has 0 atom stereocenters. The van der Waals surface area contributed by atoms with Crippen LogP contribution in [0.2, 0.25) is 5.02 Å². The summed E-state index contributed by atoms with van der Waals surface area (Å²) in [5.74, 6) is -5.03. The number of pyridine rings is 1. The number of carbonyl (C=O) groups is 4. The van der Waals surface area contributed by atoms with Gasteiger partial charge in [0.1, 0.15) is 5.69 Å². The summed E-state index contributed by atoms with van der Waals surface area (Å²) in [6, 6.07) is 9.81. The maximum Gasteiger partial charge on any atom is 0.328 e. The van der Waals surface area contributed by atoms with Crippen molar-refractivity contribution in [2.45, 2.75) is 13.0 Å². The Morgan fingerprint density at radius 2 is 1.37 bits per heavy atom. The number of aliphatic carboxylic acids is 4. The van der Waals surface area contributed by atoms with Gasteiger partial charge in [0.2, 0.25) is 0 Å². The molecule has 0 aliphatic rings. The van der Waals surface area contributed by atoms with E-state index in [-0.39, 0.29) is 0 Å². The van der Waals surface area contributed by atoms with Gasteiger partial charge >= 0.3 is 23.9 Å². The SMILES string of the molecule is CN(C)CCCn1nc(-c2ccc(Cl)cc2)c2cnccc21.O=C(O)/C=C\C(=O)O.O=C(O)/C=C\C(=O)O. The number of aryl methyl sites for hydroxylation is 1. The lowest BCUT2D eigenvalue weighted by Crippen LogP contribution is -2.15. The third-order valence-electron chi connectivity index (χ3n) is 4.38. The van der Waals surface area contributed by atoms with E-state index >= 15 is 0 Å². The molecule has 2 aromatic heterocycles. The van der Waals surface area contributed by atoms with Gasteiger partial charge in [-0.15, -0.1) is 0 Å². The number of carboxylic acids is 4. The number of hydrogen-bond donors (Lipinski definition) is 4. The molecule has 0 radical (unpaired) electrons. The molecule has 4 N–H and O–H groups in total. The van der Waals surface area contributed by atoms with Gasteiger partial charge in [-0.3, -0.25) is 9.67 Å². The Bertz CT molecular complexity index is 1230. The van der Waals surface area contributed by atoms with Crippen molar-refractivity contribution in [3.63, 3.8) is 0 Å². The van der Waals surface area contributed by atoms with Gasteiger partial charge < -0.3 is 25.3 Å². The van der Waals surface area contributed by atoms with Crippen LogP contribution in [0.3, 0.4) is 0 Å². The van der Waals surface area contributed by atoms with Crippen molar-refractivity contribution in [3.8, 4) is 11.3 Å². The van der Waals surface area contributed by atoms with Gasteiger partial charge in [0.05, 0.1) is 5.52 Å². The number of rotatable bonds is 9. The van der Waals surface area contributed by atoms with Crippen LogP contribution in [0.25, 0.3) is 22.2 Å². The predicted octanol–water partition coefficient (Wildman–Crippen LogP) is 3.13. The first-order chi connectivity index (χ1) is 17.9. The van der Waals surface area contributed by atoms with E-state index in [0.717, 1.165) is 46.7 Å². The highest BCUT2D eigenvalue weighted by Crippen LogP contribution is 2.28. The van der Waals surface area contributed by atoms with Crippen LogP contribution in [0.4, 0.5) is 0 Å². The third kappa shape index (κ3) is 12.4. The monoisotopic (exact) mass is 546 g/mol. The molecule has 0 saturated carbocycles. The van der Waals surface area contributed by atoms with E-state index in [1.54, 1.807) is 0 Å². The zero-order valence-electron chi connectivity index (χ0n) is 20.6. The second-order valence-corrected chi connectivity index (χ2v) is 8.08. The Labute approximate surface area is 222 Å². The smallest absolute Gasteiger partial charge is 0.328 e. The molecule has 202 valence electrons. The van der Waals surface area contributed by atoms with Crippen LogP contribution in [0.15, 0.2) is 67.0 Å². The van der Waals surface area contributed by atoms with Gasteiger partial charge in [-0.05, 0) is 45.3 Å². The molecule has 1 aromatic carbocycles. The Kier molecular flexibility index (Phi) is 13.5. The average molecular weight is 547 g/mol. The number of fused-ring (bicyclic) bond motifs is 1. The van der Waals surface area contributed by atoms with Crippen molar-refractivity contribution >= 4 is 46.4 Å². The molecule has 0 aliphatic heterocycles. The number of halogens is 1. The van der Waals surface area contributed by atoms with Gasteiger partial charge in [0.25, 0.3) is 0 Å². The van der Waals surface area contributed by atoms with Crippen molar-refractivity contribution in [1.82, 2.24) is 19.7 Å². The number of hydrogen-bond acceptors (Lipinski definition) is 7. The Morgan fingerprint density at radius 1 is 0.868 bits per heavy atom. The zero-order chi connectivity index (χ0) is 28.7. The van der Waals surface area contributed by atoms with Crippen molar-refractivity contribution in [2.75, 3.05) is 20.6 Å². The zero-order valence-corrected chi connectivity index (χ0v) is 21.3. The lowest BCUT2D eigenvalue weighted by atomic mass is 10.1. The maximum absolute atomic E-state index is 9.55. The third-order valence-corrected chi connectivity index (χ3v) is 4.63. The van der Waals surface area contributed by atoms with Gasteiger partial charge in [-0.25, -0.2) is 19.2 Å². The molecule has 3 aromatic rings. The maximum atomic E-state index is 9.55. The highest BCUT2D eigenvalue weighted by Gasteiger charge is 2.12. The molecule has 0 aliphatic carbocycles. The van der Waals surface area contributed by atoms with Gasteiger partial charge in [0.15, 0.2) is 0 Å². The van der Waals surface area contributed by atoms with E-state index in [0.29, 0.717) is 24.3 Å². The molecule has 2 heterocycles. The van der Waals surface area contributed by atoms with E-state index in [2.05, 4.69) is 28.7 Å².